The molecule has 0 aliphatic rings. The number of hydrogen-bond acceptors (Lipinski definition) is 3. The Kier molecular flexibility index (Phi) is 5.81. The van der Waals surface area contributed by atoms with Crippen LogP contribution in [0.1, 0.15) is 6.42 Å². The first-order valence-corrected chi connectivity index (χ1v) is 6.15. The average Bonchev–Trinajstić information content (AvgIpc) is 1.87. The number of rotatable bonds is 5. The molecule has 0 aromatic heterocycles. The minimum Gasteiger partial charge on any atom is -0.616 e. The lowest BCUT2D eigenvalue weighted by Crippen LogP contribution is -2.29. The van der Waals surface area contributed by atoms with E-state index >= 15 is 0 Å². The molecule has 0 bridgehead atoms. The first-order chi connectivity index (χ1) is 5.09. The number of aliphatic carboxylic acids is 1. The summed E-state index contributed by atoms with van der Waals surface area (Å²) in [5.74, 6) is -0.212. The Morgan fingerprint density at radius 2 is 2.36 bits per heavy atom. The van der Waals surface area contributed by atoms with Gasteiger partial charge in [0, 0.05) is 6.42 Å². The van der Waals surface area contributed by atoms with Gasteiger partial charge in [0.25, 0.3) is 0 Å². The molecule has 0 saturated heterocycles. The molecule has 0 aromatic rings. The Bertz CT molecular complexity index is 127. The molecule has 0 heterocycles. The Labute approximate surface area is 73.7 Å². The highest BCUT2D eigenvalue weighted by atomic mass is 32.2. The lowest BCUT2D eigenvalue weighted by Gasteiger charge is -2.13. The smallest absolute Gasteiger partial charge is 0.357 e. The monoisotopic (exact) mass is 196 g/mol. The summed E-state index contributed by atoms with van der Waals surface area (Å²) in [6, 6.07) is 0. The van der Waals surface area contributed by atoms with Gasteiger partial charge in [-0.3, -0.25) is 0 Å². The summed E-state index contributed by atoms with van der Waals surface area (Å²) in [4.78, 5) is 10.4. The number of carbonyl (C=O) groups is 1. The summed E-state index contributed by atoms with van der Waals surface area (Å²) in [6.07, 6.45) is 3.82. The van der Waals surface area contributed by atoms with Gasteiger partial charge in [-0.2, -0.15) is 11.8 Å². The van der Waals surface area contributed by atoms with Gasteiger partial charge in [0.15, 0.2) is 0 Å². The van der Waals surface area contributed by atoms with Crippen LogP contribution >= 0.6 is 11.8 Å². The minimum absolute atomic E-state index is 0.486. The fourth-order valence-electron chi connectivity index (χ4n) is 0.656. The zero-order valence-corrected chi connectivity index (χ0v) is 8.20. The van der Waals surface area contributed by atoms with Crippen molar-refractivity contribution < 1.29 is 14.5 Å². The molecule has 5 heteroatoms. The average molecular weight is 196 g/mol. The van der Waals surface area contributed by atoms with Crippen LogP contribution in [0.5, 0.6) is 0 Å². The van der Waals surface area contributed by atoms with E-state index in [0.717, 1.165) is 5.75 Å². The normalized spacial score (nSPS) is 15.9. The van der Waals surface area contributed by atoms with E-state index in [9.17, 15) is 9.35 Å². The second-order valence-corrected chi connectivity index (χ2v) is 4.66. The first kappa shape index (κ1) is 11.1. The summed E-state index contributed by atoms with van der Waals surface area (Å²) in [5, 5.41) is 7.88. The third-order valence-corrected chi connectivity index (χ3v) is 3.14. The second-order valence-electron chi connectivity index (χ2n) is 2.11. The molecule has 2 atom stereocenters. The molecule has 0 amide bonds. The predicted molar refractivity (Wildman–Crippen MR) is 48.5 cm³/mol. The Morgan fingerprint density at radius 3 is 2.64 bits per heavy atom. The molecule has 0 saturated carbocycles. The molecule has 0 fully saturated rings. The number of thioether (sulfide) groups is 1. The predicted octanol–water partition coefficient (Wildman–Crippen LogP) is 0.571. The van der Waals surface area contributed by atoms with Crippen molar-refractivity contribution in [2.24, 2.45) is 0 Å². The minimum atomic E-state index is -1.25. The van der Waals surface area contributed by atoms with E-state index in [1.54, 1.807) is 11.8 Å². The van der Waals surface area contributed by atoms with E-state index in [2.05, 4.69) is 0 Å². The molecular weight excluding hydrogens is 184 g/mol. The number of hydrogen-bond donors (Lipinski definition) is 1. The molecule has 0 rings (SSSR count). The molecule has 0 spiro atoms. The van der Waals surface area contributed by atoms with Gasteiger partial charge in [0.1, 0.15) is 0 Å². The summed E-state index contributed by atoms with van der Waals surface area (Å²) < 4.78 is 10.8. The lowest BCUT2D eigenvalue weighted by molar-refractivity contribution is -0.136. The fourth-order valence-corrected chi connectivity index (χ4v) is 2.01. The molecule has 11 heavy (non-hydrogen) atoms. The van der Waals surface area contributed by atoms with E-state index in [4.69, 9.17) is 5.11 Å². The van der Waals surface area contributed by atoms with E-state index in [0.29, 0.717) is 6.42 Å². The van der Waals surface area contributed by atoms with Gasteiger partial charge < -0.3 is 9.66 Å². The van der Waals surface area contributed by atoms with Crippen molar-refractivity contribution in [1.82, 2.24) is 0 Å². The zero-order chi connectivity index (χ0) is 8.85. The highest BCUT2D eigenvalue weighted by molar-refractivity contribution is 7.98. The molecule has 66 valence electrons. The Hall–Kier alpha value is 0.130. The van der Waals surface area contributed by atoms with E-state index < -0.39 is 22.4 Å². The molecule has 0 aliphatic carbocycles. The molecule has 3 nitrogen and oxygen atoms in total. The molecule has 1 N–H and O–H groups in total. The van der Waals surface area contributed by atoms with Gasteiger partial charge in [-0.05, 0) is 23.2 Å². The van der Waals surface area contributed by atoms with Gasteiger partial charge in [-0.1, -0.05) is 0 Å². The van der Waals surface area contributed by atoms with E-state index in [1.165, 1.54) is 6.26 Å². The maximum Gasteiger partial charge on any atom is 0.357 e. The van der Waals surface area contributed by atoms with Crippen molar-refractivity contribution in [2.45, 2.75) is 11.7 Å². The molecule has 2 unspecified atom stereocenters. The quantitative estimate of drug-likeness (QED) is 0.653. The van der Waals surface area contributed by atoms with Crippen molar-refractivity contribution >= 4 is 28.9 Å². The zero-order valence-electron chi connectivity index (χ0n) is 6.57. The number of carboxylic acids is 1. The van der Waals surface area contributed by atoms with Crippen LogP contribution in [0.3, 0.4) is 0 Å². The summed E-state index contributed by atoms with van der Waals surface area (Å²) in [5.41, 5.74) is 0. The van der Waals surface area contributed by atoms with Gasteiger partial charge in [-0.15, -0.1) is 0 Å². The second kappa shape index (κ2) is 5.74. The lowest BCUT2D eigenvalue weighted by atomic mass is 10.3. The fraction of sp³-hybridized carbons (Fsp3) is 0.833. The van der Waals surface area contributed by atoms with Crippen molar-refractivity contribution in [2.75, 3.05) is 18.3 Å². The van der Waals surface area contributed by atoms with Crippen molar-refractivity contribution in [3.8, 4) is 0 Å². The third kappa shape index (κ3) is 4.55. The molecule has 0 radical (unpaired) electrons. The Morgan fingerprint density at radius 1 is 1.82 bits per heavy atom. The van der Waals surface area contributed by atoms with Crippen molar-refractivity contribution in [3.63, 3.8) is 0 Å². The van der Waals surface area contributed by atoms with Crippen LogP contribution in [0.15, 0.2) is 0 Å². The molecule has 0 aromatic carbocycles. The van der Waals surface area contributed by atoms with Crippen molar-refractivity contribution in [3.05, 3.63) is 0 Å². The van der Waals surface area contributed by atoms with Gasteiger partial charge >= 0.3 is 5.97 Å². The van der Waals surface area contributed by atoms with Crippen molar-refractivity contribution in [1.29, 1.82) is 0 Å². The van der Waals surface area contributed by atoms with Crippen LogP contribution < -0.4 is 0 Å². The van der Waals surface area contributed by atoms with Gasteiger partial charge in [0.2, 0.25) is 5.25 Å². The maximum absolute atomic E-state index is 10.8. The summed E-state index contributed by atoms with van der Waals surface area (Å²) in [7, 11) is 0. The summed E-state index contributed by atoms with van der Waals surface area (Å²) in [6.45, 7) is 0. The van der Waals surface area contributed by atoms with Crippen LogP contribution in [0, 0.1) is 0 Å². The highest BCUT2D eigenvalue weighted by Crippen LogP contribution is 2.08. The van der Waals surface area contributed by atoms with Crippen LogP contribution in [0.2, 0.25) is 0 Å². The van der Waals surface area contributed by atoms with Crippen LogP contribution in [0.25, 0.3) is 0 Å². The van der Waals surface area contributed by atoms with Gasteiger partial charge in [0.05, 0.1) is 6.26 Å². The number of carboxylic acid groups (broad SMARTS) is 1. The first-order valence-electron chi connectivity index (χ1n) is 3.13. The maximum atomic E-state index is 10.8. The van der Waals surface area contributed by atoms with Crippen LogP contribution in [-0.2, 0) is 16.0 Å². The summed E-state index contributed by atoms with van der Waals surface area (Å²) >= 11 is 0.319. The highest BCUT2D eigenvalue weighted by Gasteiger charge is 2.25. The topological polar surface area (TPSA) is 60.4 Å². The van der Waals surface area contributed by atoms with E-state index in [-0.39, 0.29) is 0 Å². The largest absolute Gasteiger partial charge is 0.616 e. The van der Waals surface area contributed by atoms with Crippen LogP contribution in [0.4, 0.5) is 0 Å². The molecule has 0 aliphatic heterocycles. The Balaban J connectivity index is 3.80. The van der Waals surface area contributed by atoms with Crippen LogP contribution in [-0.4, -0.2) is 39.1 Å². The van der Waals surface area contributed by atoms with E-state index in [1.807, 2.05) is 6.26 Å². The third-order valence-electron chi connectivity index (χ3n) is 1.26. The standard InChI is InChI=1S/C6H12O3S2/c1-10-4-3-5(6(7)8)11(2)9/h5H,3-4H2,1-2H3,(H,7,8). The SMILES string of the molecule is CSCCC(C(=O)O)[S+](C)[O-]. The molecular formula is C6H12O3S2. The van der Waals surface area contributed by atoms with Gasteiger partial charge in [-0.25, -0.2) is 4.79 Å².